The molecule has 2 rings (SSSR count). The number of nitrogen functional groups attached to an aromatic ring is 1. The van der Waals surface area contributed by atoms with Crippen LogP contribution in [0.2, 0.25) is 5.02 Å². The number of nitrogens with zero attached hydrogens (tertiary/aromatic N) is 3. The van der Waals surface area contributed by atoms with Gasteiger partial charge in [0.2, 0.25) is 0 Å². The van der Waals surface area contributed by atoms with E-state index in [0.717, 1.165) is 5.69 Å². The van der Waals surface area contributed by atoms with Gasteiger partial charge in [-0.1, -0.05) is 11.6 Å². The Morgan fingerprint density at radius 2 is 2.27 bits per heavy atom. The maximum Gasteiger partial charge on any atom is 0.149 e. The molecule has 0 aliphatic carbocycles. The lowest BCUT2D eigenvalue weighted by Crippen LogP contribution is -1.95. The number of nitrogens with one attached hydrogen (secondary N) is 1. The minimum Gasteiger partial charge on any atom is -0.397 e. The lowest BCUT2D eigenvalue weighted by atomic mass is 10.4. The summed E-state index contributed by atoms with van der Waals surface area (Å²) < 4.78 is 1.69. The van der Waals surface area contributed by atoms with Gasteiger partial charge in [-0.2, -0.15) is 5.10 Å². The molecule has 2 aromatic rings. The molecule has 0 saturated carbocycles. The molecule has 6 heteroatoms. The van der Waals surface area contributed by atoms with Gasteiger partial charge >= 0.3 is 0 Å². The van der Waals surface area contributed by atoms with E-state index >= 15 is 0 Å². The van der Waals surface area contributed by atoms with E-state index in [0.29, 0.717) is 16.5 Å². The van der Waals surface area contributed by atoms with Crippen LogP contribution in [0.5, 0.6) is 0 Å². The number of hydrogen-bond acceptors (Lipinski definition) is 4. The number of pyridine rings is 1. The van der Waals surface area contributed by atoms with Crippen LogP contribution in [-0.4, -0.2) is 14.8 Å². The van der Waals surface area contributed by atoms with Crippen molar-refractivity contribution in [2.45, 2.75) is 0 Å². The Morgan fingerprint density at radius 1 is 1.47 bits per heavy atom. The van der Waals surface area contributed by atoms with Crippen LogP contribution in [0.4, 0.5) is 17.2 Å². The SMILES string of the molecule is Cn1cc(Nc2ncc(N)cc2Cl)cn1. The van der Waals surface area contributed by atoms with E-state index in [1.54, 1.807) is 23.1 Å². The van der Waals surface area contributed by atoms with Crippen molar-refractivity contribution in [3.63, 3.8) is 0 Å². The Morgan fingerprint density at radius 3 is 2.87 bits per heavy atom. The van der Waals surface area contributed by atoms with Crippen LogP contribution in [0.25, 0.3) is 0 Å². The second kappa shape index (κ2) is 3.78. The summed E-state index contributed by atoms with van der Waals surface area (Å²) in [6.07, 6.45) is 5.06. The highest BCUT2D eigenvalue weighted by Gasteiger charge is 2.03. The van der Waals surface area contributed by atoms with E-state index in [2.05, 4.69) is 15.4 Å². The van der Waals surface area contributed by atoms with Gasteiger partial charge in [-0.3, -0.25) is 4.68 Å². The quantitative estimate of drug-likeness (QED) is 0.815. The smallest absolute Gasteiger partial charge is 0.149 e. The molecule has 2 aromatic heterocycles. The molecule has 3 N–H and O–H groups in total. The molecule has 0 aromatic carbocycles. The third-order valence-corrected chi connectivity index (χ3v) is 2.12. The Hall–Kier alpha value is -1.75. The van der Waals surface area contributed by atoms with Gasteiger partial charge in [0, 0.05) is 13.2 Å². The standard InChI is InChI=1S/C9H10ClN5/c1-15-5-7(4-13-15)14-9-8(10)2-6(11)3-12-9/h2-5H,11H2,1H3,(H,12,14). The van der Waals surface area contributed by atoms with Gasteiger partial charge in [0.05, 0.1) is 28.8 Å². The van der Waals surface area contributed by atoms with Crippen LogP contribution in [0.1, 0.15) is 0 Å². The third-order valence-electron chi connectivity index (χ3n) is 1.83. The highest BCUT2D eigenvalue weighted by molar-refractivity contribution is 6.33. The van der Waals surface area contributed by atoms with E-state index < -0.39 is 0 Å². The molecule has 0 amide bonds. The van der Waals surface area contributed by atoms with E-state index in [1.165, 1.54) is 0 Å². The number of anilines is 3. The fourth-order valence-electron chi connectivity index (χ4n) is 1.17. The fraction of sp³-hybridized carbons (Fsp3) is 0.111. The van der Waals surface area contributed by atoms with Crippen LogP contribution < -0.4 is 11.1 Å². The summed E-state index contributed by atoms with van der Waals surface area (Å²) in [6, 6.07) is 1.65. The largest absolute Gasteiger partial charge is 0.397 e. The second-order valence-corrected chi connectivity index (χ2v) is 3.53. The van der Waals surface area contributed by atoms with Gasteiger partial charge in [0.25, 0.3) is 0 Å². The predicted molar refractivity (Wildman–Crippen MR) is 60.2 cm³/mol. The first-order valence-electron chi connectivity index (χ1n) is 4.32. The molecule has 0 fully saturated rings. The van der Waals surface area contributed by atoms with Crippen LogP contribution in [0.3, 0.4) is 0 Å². The van der Waals surface area contributed by atoms with Gasteiger partial charge in [-0.15, -0.1) is 0 Å². The monoisotopic (exact) mass is 223 g/mol. The zero-order valence-corrected chi connectivity index (χ0v) is 8.86. The van der Waals surface area contributed by atoms with Crippen molar-refractivity contribution in [3.8, 4) is 0 Å². The summed E-state index contributed by atoms with van der Waals surface area (Å²) in [5.41, 5.74) is 6.90. The van der Waals surface area contributed by atoms with E-state index in [1.807, 2.05) is 13.2 Å². The van der Waals surface area contributed by atoms with E-state index in [4.69, 9.17) is 17.3 Å². The average Bonchev–Trinajstić information content (AvgIpc) is 2.56. The fourth-order valence-corrected chi connectivity index (χ4v) is 1.39. The topological polar surface area (TPSA) is 68.8 Å². The zero-order chi connectivity index (χ0) is 10.8. The average molecular weight is 224 g/mol. The number of aryl methyl sites for hydroxylation is 1. The minimum absolute atomic E-state index is 0.485. The molecule has 15 heavy (non-hydrogen) atoms. The molecule has 0 atom stereocenters. The molecule has 0 saturated heterocycles. The molecule has 0 spiro atoms. The number of aromatic nitrogens is 3. The number of hydrogen-bond donors (Lipinski definition) is 2. The molecular weight excluding hydrogens is 214 g/mol. The molecule has 78 valence electrons. The van der Waals surface area contributed by atoms with Crippen molar-refractivity contribution in [1.82, 2.24) is 14.8 Å². The van der Waals surface area contributed by atoms with Crippen LogP contribution in [-0.2, 0) is 7.05 Å². The zero-order valence-electron chi connectivity index (χ0n) is 8.11. The first kappa shape index (κ1) is 9.79. The van der Waals surface area contributed by atoms with Gasteiger partial charge < -0.3 is 11.1 Å². The lowest BCUT2D eigenvalue weighted by Gasteiger charge is -2.04. The Kier molecular flexibility index (Phi) is 2.47. The minimum atomic E-state index is 0.485. The molecule has 2 heterocycles. The maximum atomic E-state index is 5.95. The number of rotatable bonds is 2. The predicted octanol–water partition coefficient (Wildman–Crippen LogP) is 1.79. The lowest BCUT2D eigenvalue weighted by molar-refractivity contribution is 0.768. The summed E-state index contributed by atoms with van der Waals surface area (Å²) in [5.74, 6) is 0.568. The van der Waals surface area contributed by atoms with Crippen LogP contribution in [0, 0.1) is 0 Å². The van der Waals surface area contributed by atoms with Crippen molar-refractivity contribution >= 4 is 28.8 Å². The first-order chi connectivity index (χ1) is 7.15. The number of nitrogens with two attached hydrogens (primary N) is 1. The van der Waals surface area contributed by atoms with E-state index in [9.17, 15) is 0 Å². The summed E-state index contributed by atoms with van der Waals surface area (Å²) in [7, 11) is 1.84. The maximum absolute atomic E-state index is 5.95. The Labute approximate surface area is 91.9 Å². The normalized spacial score (nSPS) is 10.3. The van der Waals surface area contributed by atoms with Crippen molar-refractivity contribution in [3.05, 3.63) is 29.7 Å². The molecule has 0 aliphatic heterocycles. The highest BCUT2D eigenvalue weighted by atomic mass is 35.5. The molecule has 0 unspecified atom stereocenters. The van der Waals surface area contributed by atoms with Crippen LogP contribution >= 0.6 is 11.6 Å². The molecule has 0 radical (unpaired) electrons. The summed E-state index contributed by atoms with van der Waals surface area (Å²) in [5, 5.41) is 7.54. The van der Waals surface area contributed by atoms with Gasteiger partial charge in [0.15, 0.2) is 0 Å². The van der Waals surface area contributed by atoms with Crippen LogP contribution in [0.15, 0.2) is 24.7 Å². The Bertz CT molecular complexity index is 479. The number of halogens is 1. The van der Waals surface area contributed by atoms with Crippen molar-refractivity contribution in [2.75, 3.05) is 11.1 Å². The Balaban J connectivity index is 2.24. The summed E-state index contributed by atoms with van der Waals surface area (Å²) in [6.45, 7) is 0. The molecule has 0 aliphatic rings. The third kappa shape index (κ3) is 2.19. The second-order valence-electron chi connectivity index (χ2n) is 3.13. The molecule has 0 bridgehead atoms. The summed E-state index contributed by atoms with van der Waals surface area (Å²) in [4.78, 5) is 4.08. The van der Waals surface area contributed by atoms with E-state index in [-0.39, 0.29) is 0 Å². The van der Waals surface area contributed by atoms with Crippen molar-refractivity contribution in [2.24, 2.45) is 7.05 Å². The van der Waals surface area contributed by atoms with Gasteiger partial charge in [-0.05, 0) is 6.07 Å². The highest BCUT2D eigenvalue weighted by Crippen LogP contribution is 2.24. The molecule has 5 nitrogen and oxygen atoms in total. The molecular formula is C9H10ClN5. The summed E-state index contributed by atoms with van der Waals surface area (Å²) >= 11 is 5.95. The first-order valence-corrected chi connectivity index (χ1v) is 4.69. The van der Waals surface area contributed by atoms with Gasteiger partial charge in [-0.25, -0.2) is 4.98 Å². The van der Waals surface area contributed by atoms with Gasteiger partial charge in [0.1, 0.15) is 5.82 Å². The van der Waals surface area contributed by atoms with Crippen molar-refractivity contribution < 1.29 is 0 Å². The van der Waals surface area contributed by atoms with Crippen molar-refractivity contribution in [1.29, 1.82) is 0 Å².